The first kappa shape index (κ1) is 19.6. The lowest BCUT2D eigenvalue weighted by Gasteiger charge is -2.26. The first-order chi connectivity index (χ1) is 12.4. The fourth-order valence-electron chi connectivity index (χ4n) is 2.93. The van der Waals surface area contributed by atoms with Crippen LogP contribution in [0.4, 0.5) is 11.6 Å². The fourth-order valence-corrected chi connectivity index (χ4v) is 2.93. The molecule has 0 radical (unpaired) electrons. The highest BCUT2D eigenvalue weighted by Crippen LogP contribution is 2.27. The number of allylic oxidation sites excluding steroid dienone is 2. The third-order valence-corrected chi connectivity index (χ3v) is 4.54. The van der Waals surface area contributed by atoms with Crippen molar-refractivity contribution in [1.82, 2.24) is 15.5 Å². The maximum atomic E-state index is 12.2. The number of nitrogens with zero attached hydrogens (tertiary/aromatic N) is 2. The first-order valence-electron chi connectivity index (χ1n) is 8.83. The molecule has 0 saturated carbocycles. The molecule has 1 fully saturated rings. The molecular weight excluding hydrogens is 330 g/mol. The minimum atomic E-state index is -0.665. The van der Waals surface area contributed by atoms with Crippen molar-refractivity contribution in [2.75, 3.05) is 23.7 Å². The Labute approximate surface area is 154 Å². The van der Waals surface area contributed by atoms with Crippen molar-refractivity contribution in [2.24, 2.45) is 11.3 Å². The molecule has 1 aliphatic rings. The molecular formula is C19H27N5O2. The number of carbonyl (C=O) groups excluding carboxylic acids is 2. The van der Waals surface area contributed by atoms with Gasteiger partial charge in [0.25, 0.3) is 0 Å². The van der Waals surface area contributed by atoms with E-state index in [-0.39, 0.29) is 17.2 Å². The van der Waals surface area contributed by atoms with E-state index >= 15 is 0 Å². The molecule has 0 bridgehead atoms. The van der Waals surface area contributed by atoms with E-state index in [9.17, 15) is 9.59 Å². The van der Waals surface area contributed by atoms with Gasteiger partial charge >= 0.3 is 0 Å². The van der Waals surface area contributed by atoms with E-state index in [1.165, 1.54) is 0 Å². The van der Waals surface area contributed by atoms with Gasteiger partial charge < -0.3 is 16.0 Å². The summed E-state index contributed by atoms with van der Waals surface area (Å²) in [6.45, 7) is 11.4. The zero-order chi connectivity index (χ0) is 19.2. The van der Waals surface area contributed by atoms with E-state index in [1.807, 2.05) is 19.1 Å². The van der Waals surface area contributed by atoms with Gasteiger partial charge in [0.1, 0.15) is 11.7 Å². The molecule has 7 heteroatoms. The van der Waals surface area contributed by atoms with Crippen LogP contribution >= 0.6 is 0 Å². The molecule has 0 aromatic carbocycles. The molecule has 1 aliphatic heterocycles. The zero-order valence-electron chi connectivity index (χ0n) is 15.6. The highest BCUT2D eigenvalue weighted by atomic mass is 16.2. The molecule has 7 nitrogen and oxygen atoms in total. The van der Waals surface area contributed by atoms with Crippen LogP contribution in [0.5, 0.6) is 0 Å². The minimum Gasteiger partial charge on any atom is -0.368 e. The topological polar surface area (TPSA) is 96.0 Å². The smallest absolute Gasteiger partial charge is 0.238 e. The van der Waals surface area contributed by atoms with E-state index in [1.54, 1.807) is 12.1 Å². The quantitative estimate of drug-likeness (QED) is 0.515. The standard InChI is InChI=1S/C19H27N5O2/c1-5-13(6-2)19(3,4)12-21-15-9-10-16(24-23-15)22-18(26)14-8-7-11-20-17(14)25/h5-6,9-10,14H,1,7-8,11-12H2,2-4H3,(H,20,25)(H,21,23)(H,22,24,26). The summed E-state index contributed by atoms with van der Waals surface area (Å²) >= 11 is 0. The van der Waals surface area contributed by atoms with Crippen LogP contribution in [0.1, 0.15) is 33.6 Å². The highest BCUT2D eigenvalue weighted by molar-refractivity contribution is 6.06. The Bertz CT molecular complexity index is 694. The second-order valence-electron chi connectivity index (χ2n) is 6.96. The largest absolute Gasteiger partial charge is 0.368 e. The molecule has 1 unspecified atom stereocenters. The Kier molecular flexibility index (Phi) is 6.49. The van der Waals surface area contributed by atoms with Gasteiger partial charge in [-0.2, -0.15) is 0 Å². The second-order valence-corrected chi connectivity index (χ2v) is 6.96. The van der Waals surface area contributed by atoms with Gasteiger partial charge in [0, 0.05) is 18.5 Å². The normalized spacial score (nSPS) is 18.0. The van der Waals surface area contributed by atoms with E-state index in [0.29, 0.717) is 31.1 Å². The molecule has 1 aromatic rings. The predicted octanol–water partition coefficient (Wildman–Crippen LogP) is 2.51. The first-order valence-corrected chi connectivity index (χ1v) is 8.83. The van der Waals surface area contributed by atoms with E-state index < -0.39 is 5.92 Å². The molecule has 2 heterocycles. The summed E-state index contributed by atoms with van der Waals surface area (Å²) in [7, 11) is 0. The van der Waals surface area contributed by atoms with Crippen LogP contribution in [0.3, 0.4) is 0 Å². The molecule has 0 spiro atoms. The van der Waals surface area contributed by atoms with Crippen LogP contribution in [0, 0.1) is 11.3 Å². The number of piperidine rings is 1. The van der Waals surface area contributed by atoms with Gasteiger partial charge in [-0.05, 0) is 37.5 Å². The number of nitrogens with one attached hydrogen (secondary N) is 3. The maximum Gasteiger partial charge on any atom is 0.238 e. The summed E-state index contributed by atoms with van der Waals surface area (Å²) in [5.41, 5.74) is 1.05. The van der Waals surface area contributed by atoms with Crippen molar-refractivity contribution in [1.29, 1.82) is 0 Å². The summed E-state index contributed by atoms with van der Waals surface area (Å²) in [6.07, 6.45) is 5.25. The van der Waals surface area contributed by atoms with E-state index in [2.05, 4.69) is 46.6 Å². The fraction of sp³-hybridized carbons (Fsp3) is 0.474. The summed E-state index contributed by atoms with van der Waals surface area (Å²) in [4.78, 5) is 23.9. The van der Waals surface area contributed by atoms with Crippen molar-refractivity contribution < 1.29 is 9.59 Å². The van der Waals surface area contributed by atoms with Gasteiger partial charge in [0.05, 0.1) is 0 Å². The molecule has 3 N–H and O–H groups in total. The lowest BCUT2D eigenvalue weighted by molar-refractivity contribution is -0.134. The Morgan fingerprint density at radius 1 is 1.38 bits per heavy atom. The maximum absolute atomic E-state index is 12.2. The Balaban J connectivity index is 1.93. The van der Waals surface area contributed by atoms with Crippen molar-refractivity contribution in [3.63, 3.8) is 0 Å². The second kappa shape index (κ2) is 8.60. The molecule has 1 saturated heterocycles. The summed E-state index contributed by atoms with van der Waals surface area (Å²) in [5.74, 6) is -0.294. The number of aromatic nitrogens is 2. The molecule has 1 atom stereocenters. The lowest BCUT2D eigenvalue weighted by Crippen LogP contribution is -2.42. The van der Waals surface area contributed by atoms with Crippen LogP contribution in [-0.2, 0) is 9.59 Å². The summed E-state index contributed by atoms with van der Waals surface area (Å²) < 4.78 is 0. The molecule has 0 aliphatic carbocycles. The molecule has 140 valence electrons. The number of rotatable bonds is 7. The van der Waals surface area contributed by atoms with Crippen LogP contribution in [0.15, 0.2) is 36.4 Å². The molecule has 26 heavy (non-hydrogen) atoms. The summed E-state index contributed by atoms with van der Waals surface area (Å²) in [5, 5.41) is 16.7. The lowest BCUT2D eigenvalue weighted by atomic mass is 9.84. The molecule has 2 amide bonds. The zero-order valence-corrected chi connectivity index (χ0v) is 15.6. The van der Waals surface area contributed by atoms with Crippen LogP contribution in [0.2, 0.25) is 0 Å². The molecule has 2 rings (SSSR count). The third kappa shape index (κ3) is 4.91. The van der Waals surface area contributed by atoms with Crippen LogP contribution < -0.4 is 16.0 Å². The number of amides is 2. The Hall–Kier alpha value is -2.70. The predicted molar refractivity (Wildman–Crippen MR) is 103 cm³/mol. The van der Waals surface area contributed by atoms with E-state index in [4.69, 9.17) is 0 Å². The number of anilines is 2. The Morgan fingerprint density at radius 2 is 2.08 bits per heavy atom. The summed E-state index contributed by atoms with van der Waals surface area (Å²) in [6, 6.07) is 3.42. The third-order valence-electron chi connectivity index (χ3n) is 4.54. The average molecular weight is 357 g/mol. The number of hydrogen-bond donors (Lipinski definition) is 3. The van der Waals surface area contributed by atoms with Gasteiger partial charge in [0.2, 0.25) is 11.8 Å². The van der Waals surface area contributed by atoms with Crippen LogP contribution in [0.25, 0.3) is 0 Å². The van der Waals surface area contributed by atoms with Crippen molar-refractivity contribution in [3.05, 3.63) is 36.4 Å². The highest BCUT2D eigenvalue weighted by Gasteiger charge is 2.29. The Morgan fingerprint density at radius 3 is 2.65 bits per heavy atom. The van der Waals surface area contributed by atoms with Gasteiger partial charge in [-0.1, -0.05) is 32.6 Å². The van der Waals surface area contributed by atoms with Gasteiger partial charge in [-0.15, -0.1) is 10.2 Å². The minimum absolute atomic E-state index is 0.0978. The van der Waals surface area contributed by atoms with Crippen molar-refractivity contribution in [3.8, 4) is 0 Å². The number of carbonyl (C=O) groups is 2. The monoisotopic (exact) mass is 357 g/mol. The number of hydrogen-bond acceptors (Lipinski definition) is 5. The SMILES string of the molecule is C=CC(=CC)C(C)(C)CNc1ccc(NC(=O)C2CCCNC2=O)nn1. The van der Waals surface area contributed by atoms with E-state index in [0.717, 1.165) is 12.0 Å². The van der Waals surface area contributed by atoms with Crippen molar-refractivity contribution in [2.45, 2.75) is 33.6 Å². The van der Waals surface area contributed by atoms with Gasteiger partial charge in [-0.3, -0.25) is 9.59 Å². The van der Waals surface area contributed by atoms with Gasteiger partial charge in [-0.25, -0.2) is 0 Å². The molecule has 1 aromatic heterocycles. The van der Waals surface area contributed by atoms with Crippen molar-refractivity contribution >= 4 is 23.5 Å². The average Bonchev–Trinajstić information content (AvgIpc) is 2.62. The van der Waals surface area contributed by atoms with Gasteiger partial charge in [0.15, 0.2) is 5.82 Å². The van der Waals surface area contributed by atoms with Crippen LogP contribution in [-0.4, -0.2) is 35.1 Å².